The Morgan fingerprint density at radius 1 is 1.17 bits per heavy atom. The molecule has 2 rings (SSSR count). The van der Waals surface area contributed by atoms with Gasteiger partial charge in [-0.15, -0.1) is 0 Å². The lowest BCUT2D eigenvalue weighted by atomic mass is 10.1. The average Bonchev–Trinajstić information content (AvgIpc) is 2.54. The number of unbranched alkanes of at least 4 members (excludes halogenated alkanes) is 1. The van der Waals surface area contributed by atoms with Gasteiger partial charge in [0.05, 0.1) is 11.8 Å². The highest BCUT2D eigenvalue weighted by Gasteiger charge is 2.10. The van der Waals surface area contributed by atoms with Crippen molar-refractivity contribution in [3.63, 3.8) is 0 Å². The predicted molar refractivity (Wildman–Crippen MR) is 91.5 cm³/mol. The van der Waals surface area contributed by atoms with Crippen LogP contribution < -0.4 is 10.3 Å². The van der Waals surface area contributed by atoms with E-state index in [2.05, 4.69) is 6.92 Å². The summed E-state index contributed by atoms with van der Waals surface area (Å²) < 4.78 is 7.34. The van der Waals surface area contributed by atoms with E-state index in [-0.39, 0.29) is 17.2 Å². The number of aromatic nitrogens is 1. The minimum atomic E-state index is -0.221. The van der Waals surface area contributed by atoms with Crippen LogP contribution in [-0.4, -0.2) is 10.7 Å². The number of hydrogen-bond donors (Lipinski definition) is 0. The molecule has 0 unspecified atom stereocenters. The van der Waals surface area contributed by atoms with Crippen LogP contribution >= 0.6 is 0 Å². The van der Waals surface area contributed by atoms with Gasteiger partial charge in [0.15, 0.2) is 0 Å². The van der Waals surface area contributed by atoms with Crippen LogP contribution in [0.2, 0.25) is 0 Å². The fraction of sp³-hybridized carbons (Fsp3) is 0.368. The standard InChI is InChI=1S/C19H22N2O2/c1-4-5-12-21-18(11-8-16(13-20)19(21)22)15-6-9-17(10-7-15)23-14(2)3/h6-11,14H,4-5,12H2,1-3H3. The van der Waals surface area contributed by atoms with Gasteiger partial charge in [0.2, 0.25) is 0 Å². The van der Waals surface area contributed by atoms with Crippen molar-refractivity contribution in [2.24, 2.45) is 0 Å². The minimum Gasteiger partial charge on any atom is -0.491 e. The van der Waals surface area contributed by atoms with Gasteiger partial charge < -0.3 is 9.30 Å². The van der Waals surface area contributed by atoms with Crippen LogP contribution in [0.4, 0.5) is 0 Å². The molecule has 0 spiro atoms. The Morgan fingerprint density at radius 2 is 1.87 bits per heavy atom. The van der Waals surface area contributed by atoms with E-state index < -0.39 is 0 Å². The first-order chi connectivity index (χ1) is 11.1. The van der Waals surface area contributed by atoms with Crippen molar-refractivity contribution < 1.29 is 4.74 Å². The Kier molecular flexibility index (Phi) is 5.59. The number of pyridine rings is 1. The zero-order chi connectivity index (χ0) is 16.8. The SMILES string of the molecule is CCCCn1c(-c2ccc(OC(C)C)cc2)ccc(C#N)c1=O. The third-order valence-electron chi connectivity index (χ3n) is 3.55. The van der Waals surface area contributed by atoms with Gasteiger partial charge in [0, 0.05) is 6.54 Å². The van der Waals surface area contributed by atoms with Gasteiger partial charge in [-0.1, -0.05) is 13.3 Å². The monoisotopic (exact) mass is 310 g/mol. The number of rotatable bonds is 6. The zero-order valence-electron chi connectivity index (χ0n) is 13.9. The Labute approximate surface area is 137 Å². The smallest absolute Gasteiger partial charge is 0.268 e. The second-order valence-corrected chi connectivity index (χ2v) is 5.75. The van der Waals surface area contributed by atoms with E-state index >= 15 is 0 Å². The van der Waals surface area contributed by atoms with E-state index in [0.717, 1.165) is 29.8 Å². The van der Waals surface area contributed by atoms with Crippen molar-refractivity contribution in [3.05, 3.63) is 52.3 Å². The Balaban J connectivity index is 2.44. The topological polar surface area (TPSA) is 55.0 Å². The molecule has 0 bridgehead atoms. The largest absolute Gasteiger partial charge is 0.491 e. The quantitative estimate of drug-likeness (QED) is 0.811. The molecule has 1 heterocycles. The molecular formula is C19H22N2O2. The Hall–Kier alpha value is -2.54. The first-order valence-electron chi connectivity index (χ1n) is 7.97. The third kappa shape index (κ3) is 4.01. The highest BCUT2D eigenvalue weighted by molar-refractivity contribution is 5.61. The Bertz CT molecular complexity index is 752. The number of hydrogen-bond acceptors (Lipinski definition) is 3. The summed E-state index contributed by atoms with van der Waals surface area (Å²) in [5, 5.41) is 9.07. The number of nitrogens with zero attached hydrogens (tertiary/aromatic N) is 2. The molecule has 0 amide bonds. The zero-order valence-corrected chi connectivity index (χ0v) is 13.9. The Morgan fingerprint density at radius 3 is 2.43 bits per heavy atom. The molecular weight excluding hydrogens is 288 g/mol. The summed E-state index contributed by atoms with van der Waals surface area (Å²) in [6, 6.07) is 13.1. The summed E-state index contributed by atoms with van der Waals surface area (Å²) in [4.78, 5) is 12.4. The molecule has 4 nitrogen and oxygen atoms in total. The van der Waals surface area contributed by atoms with Crippen LogP contribution in [0.15, 0.2) is 41.2 Å². The van der Waals surface area contributed by atoms with E-state index in [9.17, 15) is 4.79 Å². The predicted octanol–water partition coefficient (Wildman–Crippen LogP) is 3.97. The van der Waals surface area contributed by atoms with E-state index in [4.69, 9.17) is 10.00 Å². The molecule has 23 heavy (non-hydrogen) atoms. The summed E-state index contributed by atoms with van der Waals surface area (Å²) in [5.41, 5.74) is 1.74. The second-order valence-electron chi connectivity index (χ2n) is 5.75. The van der Waals surface area contributed by atoms with Crippen molar-refractivity contribution >= 4 is 0 Å². The van der Waals surface area contributed by atoms with Crippen LogP contribution in [0.25, 0.3) is 11.3 Å². The molecule has 0 aliphatic heterocycles. The van der Waals surface area contributed by atoms with E-state index in [1.807, 2.05) is 50.2 Å². The first-order valence-corrected chi connectivity index (χ1v) is 7.97. The van der Waals surface area contributed by atoms with Gasteiger partial charge in [0.1, 0.15) is 17.4 Å². The fourth-order valence-corrected chi connectivity index (χ4v) is 2.43. The second kappa shape index (κ2) is 7.64. The van der Waals surface area contributed by atoms with Crippen molar-refractivity contribution in [2.45, 2.75) is 46.3 Å². The molecule has 0 aliphatic rings. The lowest BCUT2D eigenvalue weighted by molar-refractivity contribution is 0.242. The molecule has 1 aromatic heterocycles. The maximum atomic E-state index is 12.4. The van der Waals surface area contributed by atoms with Crippen molar-refractivity contribution in [2.75, 3.05) is 0 Å². The number of nitriles is 1. The van der Waals surface area contributed by atoms with Crippen LogP contribution in [-0.2, 0) is 6.54 Å². The van der Waals surface area contributed by atoms with Crippen LogP contribution in [0, 0.1) is 11.3 Å². The maximum Gasteiger partial charge on any atom is 0.268 e. The van der Waals surface area contributed by atoms with Gasteiger partial charge >= 0.3 is 0 Å². The molecule has 0 saturated heterocycles. The van der Waals surface area contributed by atoms with Crippen LogP contribution in [0.1, 0.15) is 39.2 Å². The number of benzene rings is 1. The van der Waals surface area contributed by atoms with E-state index in [1.165, 1.54) is 0 Å². The van der Waals surface area contributed by atoms with Crippen molar-refractivity contribution in [3.8, 4) is 23.1 Å². The highest BCUT2D eigenvalue weighted by atomic mass is 16.5. The van der Waals surface area contributed by atoms with Crippen LogP contribution in [0.5, 0.6) is 5.75 Å². The maximum absolute atomic E-state index is 12.4. The van der Waals surface area contributed by atoms with E-state index in [0.29, 0.717) is 6.54 Å². The first kappa shape index (κ1) is 16.8. The summed E-state index contributed by atoms with van der Waals surface area (Å²) in [6.07, 6.45) is 2.01. The molecule has 1 aromatic carbocycles. The van der Waals surface area contributed by atoms with E-state index in [1.54, 1.807) is 10.6 Å². The van der Waals surface area contributed by atoms with Gasteiger partial charge in [0.25, 0.3) is 5.56 Å². The summed E-state index contributed by atoms with van der Waals surface area (Å²) in [7, 11) is 0. The van der Waals surface area contributed by atoms with Gasteiger partial charge in [-0.05, 0) is 62.2 Å². The molecule has 0 atom stereocenters. The average molecular weight is 310 g/mol. The summed E-state index contributed by atoms with van der Waals surface area (Å²) >= 11 is 0. The summed E-state index contributed by atoms with van der Waals surface area (Å²) in [6.45, 7) is 6.66. The lowest BCUT2D eigenvalue weighted by Gasteiger charge is -2.14. The summed E-state index contributed by atoms with van der Waals surface area (Å²) in [5.74, 6) is 0.805. The minimum absolute atomic E-state index is 0.124. The van der Waals surface area contributed by atoms with Crippen molar-refractivity contribution in [1.29, 1.82) is 5.26 Å². The highest BCUT2D eigenvalue weighted by Crippen LogP contribution is 2.23. The number of ether oxygens (including phenoxy) is 1. The van der Waals surface area contributed by atoms with Crippen LogP contribution in [0.3, 0.4) is 0 Å². The third-order valence-corrected chi connectivity index (χ3v) is 3.55. The molecule has 2 aromatic rings. The molecule has 4 heteroatoms. The van der Waals surface area contributed by atoms with Gasteiger partial charge in [-0.3, -0.25) is 4.79 Å². The molecule has 0 fully saturated rings. The molecule has 0 N–H and O–H groups in total. The molecule has 120 valence electrons. The molecule has 0 saturated carbocycles. The lowest BCUT2D eigenvalue weighted by Crippen LogP contribution is -2.24. The van der Waals surface area contributed by atoms with Crippen molar-refractivity contribution in [1.82, 2.24) is 4.57 Å². The fourth-order valence-electron chi connectivity index (χ4n) is 2.43. The molecule has 0 aliphatic carbocycles. The van der Waals surface area contributed by atoms with Gasteiger partial charge in [-0.2, -0.15) is 5.26 Å². The van der Waals surface area contributed by atoms with Gasteiger partial charge in [-0.25, -0.2) is 0 Å². The molecule has 0 radical (unpaired) electrons. The normalized spacial score (nSPS) is 10.6.